The number of aromatic nitrogens is 2. The van der Waals surface area contributed by atoms with Gasteiger partial charge in [-0.2, -0.15) is 0 Å². The SMILES string of the molecule is CN1CCCN(C(=O)CCNC(=O)c2ccc(Cl)cc2)c2nc3ccccc3nc21. The van der Waals surface area contributed by atoms with Gasteiger partial charge in [-0.3, -0.25) is 14.5 Å². The maximum absolute atomic E-state index is 13.0. The predicted octanol–water partition coefficient (Wildman–Crippen LogP) is 3.28. The molecule has 0 aliphatic carbocycles. The quantitative estimate of drug-likeness (QED) is 0.696. The van der Waals surface area contributed by atoms with Crippen LogP contribution in [0.2, 0.25) is 5.02 Å². The summed E-state index contributed by atoms with van der Waals surface area (Å²) < 4.78 is 0. The Morgan fingerprint density at radius 2 is 1.67 bits per heavy atom. The lowest BCUT2D eigenvalue weighted by Gasteiger charge is -2.23. The van der Waals surface area contributed by atoms with Gasteiger partial charge in [0.15, 0.2) is 11.6 Å². The van der Waals surface area contributed by atoms with Gasteiger partial charge in [0.1, 0.15) is 0 Å². The summed E-state index contributed by atoms with van der Waals surface area (Å²) in [6.45, 7) is 1.59. The number of anilines is 2. The predicted molar refractivity (Wildman–Crippen MR) is 118 cm³/mol. The van der Waals surface area contributed by atoms with Gasteiger partial charge in [0.05, 0.1) is 11.0 Å². The summed E-state index contributed by atoms with van der Waals surface area (Å²) in [5, 5.41) is 3.36. The third kappa shape index (κ3) is 4.21. The second-order valence-electron chi connectivity index (χ2n) is 7.19. The van der Waals surface area contributed by atoms with Crippen molar-refractivity contribution in [2.24, 2.45) is 0 Å². The molecule has 3 aromatic rings. The van der Waals surface area contributed by atoms with Crippen LogP contribution in [0.25, 0.3) is 11.0 Å². The van der Waals surface area contributed by atoms with Gasteiger partial charge < -0.3 is 10.2 Å². The molecule has 1 aliphatic heterocycles. The molecule has 2 heterocycles. The zero-order valence-electron chi connectivity index (χ0n) is 16.6. The van der Waals surface area contributed by atoms with Crippen molar-refractivity contribution in [3.05, 3.63) is 59.1 Å². The highest BCUT2D eigenvalue weighted by atomic mass is 35.5. The Kier molecular flexibility index (Phi) is 5.81. The summed E-state index contributed by atoms with van der Waals surface area (Å²) in [5.41, 5.74) is 2.05. The zero-order valence-corrected chi connectivity index (χ0v) is 17.4. The number of carbonyl (C=O) groups is 2. The summed E-state index contributed by atoms with van der Waals surface area (Å²) in [6.07, 6.45) is 0.991. The number of benzene rings is 2. The highest BCUT2D eigenvalue weighted by Crippen LogP contribution is 2.30. The van der Waals surface area contributed by atoms with Crippen molar-refractivity contribution in [2.75, 3.05) is 36.5 Å². The van der Waals surface area contributed by atoms with Crippen LogP contribution in [0.4, 0.5) is 11.6 Å². The number of hydrogen-bond acceptors (Lipinski definition) is 5. The minimum absolute atomic E-state index is 0.0902. The molecule has 2 amide bonds. The van der Waals surface area contributed by atoms with E-state index < -0.39 is 0 Å². The molecule has 1 aliphatic rings. The van der Waals surface area contributed by atoms with Crippen LogP contribution in [0.15, 0.2) is 48.5 Å². The molecule has 0 spiro atoms. The molecule has 0 bridgehead atoms. The van der Waals surface area contributed by atoms with Crippen LogP contribution >= 0.6 is 11.6 Å². The highest BCUT2D eigenvalue weighted by Gasteiger charge is 2.26. The highest BCUT2D eigenvalue weighted by molar-refractivity contribution is 6.30. The third-order valence-electron chi connectivity index (χ3n) is 5.06. The Labute approximate surface area is 179 Å². The molecular weight excluding hydrogens is 402 g/mol. The summed E-state index contributed by atoms with van der Waals surface area (Å²) in [4.78, 5) is 38.4. The number of fused-ring (bicyclic) bond motifs is 2. The second kappa shape index (κ2) is 8.67. The molecule has 0 saturated carbocycles. The van der Waals surface area contributed by atoms with Crippen molar-refractivity contribution >= 4 is 46.1 Å². The second-order valence-corrected chi connectivity index (χ2v) is 7.63. The van der Waals surface area contributed by atoms with E-state index in [9.17, 15) is 9.59 Å². The van der Waals surface area contributed by atoms with Gasteiger partial charge in [0.25, 0.3) is 5.91 Å². The largest absolute Gasteiger partial charge is 0.357 e. The van der Waals surface area contributed by atoms with E-state index in [1.807, 2.05) is 36.2 Å². The molecule has 0 saturated heterocycles. The third-order valence-corrected chi connectivity index (χ3v) is 5.31. The summed E-state index contributed by atoms with van der Waals surface area (Å²) in [5.74, 6) is 0.946. The van der Waals surface area contributed by atoms with Crippen molar-refractivity contribution in [3.8, 4) is 0 Å². The van der Waals surface area contributed by atoms with E-state index in [0.717, 1.165) is 24.0 Å². The van der Waals surface area contributed by atoms with Crippen molar-refractivity contribution in [3.63, 3.8) is 0 Å². The monoisotopic (exact) mass is 423 g/mol. The van der Waals surface area contributed by atoms with Crippen molar-refractivity contribution < 1.29 is 9.59 Å². The molecule has 30 heavy (non-hydrogen) atoms. The van der Waals surface area contributed by atoms with Crippen LogP contribution < -0.4 is 15.1 Å². The number of para-hydroxylation sites is 2. The molecule has 1 N–H and O–H groups in total. The van der Waals surface area contributed by atoms with Crippen molar-refractivity contribution in [2.45, 2.75) is 12.8 Å². The Morgan fingerprint density at radius 3 is 2.37 bits per heavy atom. The lowest BCUT2D eigenvalue weighted by atomic mass is 10.2. The van der Waals surface area contributed by atoms with E-state index in [1.54, 1.807) is 29.2 Å². The molecule has 8 heteroatoms. The Bertz CT molecular complexity index is 1090. The molecule has 4 rings (SSSR count). The molecule has 0 unspecified atom stereocenters. The van der Waals surface area contributed by atoms with Gasteiger partial charge in [0.2, 0.25) is 5.91 Å². The van der Waals surface area contributed by atoms with Crippen LogP contribution in [-0.4, -0.2) is 48.5 Å². The van der Waals surface area contributed by atoms with Crippen LogP contribution in [0.5, 0.6) is 0 Å². The van der Waals surface area contributed by atoms with E-state index in [0.29, 0.717) is 28.8 Å². The number of rotatable bonds is 4. The van der Waals surface area contributed by atoms with E-state index in [1.165, 1.54) is 0 Å². The van der Waals surface area contributed by atoms with Gasteiger partial charge >= 0.3 is 0 Å². The molecule has 7 nitrogen and oxygen atoms in total. The maximum Gasteiger partial charge on any atom is 0.251 e. The number of halogens is 1. The number of hydrogen-bond donors (Lipinski definition) is 1. The number of amides is 2. The van der Waals surface area contributed by atoms with E-state index in [-0.39, 0.29) is 24.8 Å². The summed E-state index contributed by atoms with van der Waals surface area (Å²) in [6, 6.07) is 14.3. The fourth-order valence-corrected chi connectivity index (χ4v) is 3.59. The average molecular weight is 424 g/mol. The number of nitrogens with one attached hydrogen (secondary N) is 1. The molecule has 1 aromatic heterocycles. The molecule has 0 fully saturated rings. The lowest BCUT2D eigenvalue weighted by molar-refractivity contribution is -0.118. The van der Waals surface area contributed by atoms with Gasteiger partial charge in [-0.15, -0.1) is 0 Å². The standard InChI is InChI=1S/C22H22ClN5O2/c1-27-13-4-14-28(21-20(27)25-17-5-2-3-6-18(17)26-21)19(29)11-12-24-22(30)15-7-9-16(23)10-8-15/h2-3,5-10H,4,11-14H2,1H3,(H,24,30). The molecule has 0 radical (unpaired) electrons. The molecule has 0 atom stereocenters. The van der Waals surface area contributed by atoms with E-state index >= 15 is 0 Å². The first-order valence-corrected chi connectivity index (χ1v) is 10.2. The Hall–Kier alpha value is -3.19. The topological polar surface area (TPSA) is 78.4 Å². The number of nitrogens with zero attached hydrogens (tertiary/aromatic N) is 4. The maximum atomic E-state index is 13.0. The van der Waals surface area contributed by atoms with Crippen LogP contribution in [-0.2, 0) is 4.79 Å². The Balaban J connectivity index is 1.48. The summed E-state index contributed by atoms with van der Waals surface area (Å²) in [7, 11) is 1.96. The fourth-order valence-electron chi connectivity index (χ4n) is 3.46. The molecule has 2 aromatic carbocycles. The zero-order chi connectivity index (χ0) is 21.1. The normalized spacial score (nSPS) is 13.7. The first kappa shape index (κ1) is 20.1. The van der Waals surface area contributed by atoms with E-state index in [2.05, 4.69) is 5.32 Å². The van der Waals surface area contributed by atoms with Gasteiger partial charge in [-0.25, -0.2) is 9.97 Å². The Morgan fingerprint density at radius 1 is 1.00 bits per heavy atom. The average Bonchev–Trinajstić information content (AvgIpc) is 2.91. The van der Waals surface area contributed by atoms with Gasteiger partial charge in [-0.1, -0.05) is 23.7 Å². The first-order chi connectivity index (χ1) is 14.5. The number of carbonyl (C=O) groups excluding carboxylic acids is 2. The van der Waals surface area contributed by atoms with E-state index in [4.69, 9.17) is 21.6 Å². The molecule has 154 valence electrons. The van der Waals surface area contributed by atoms with Crippen LogP contribution in [0, 0.1) is 0 Å². The van der Waals surface area contributed by atoms with Gasteiger partial charge in [-0.05, 0) is 42.8 Å². The van der Waals surface area contributed by atoms with Gasteiger partial charge in [0, 0.05) is 43.7 Å². The van der Waals surface area contributed by atoms with Crippen LogP contribution in [0.1, 0.15) is 23.2 Å². The fraction of sp³-hybridized carbons (Fsp3) is 0.273. The van der Waals surface area contributed by atoms with Crippen molar-refractivity contribution in [1.29, 1.82) is 0 Å². The minimum atomic E-state index is -0.235. The molecular formula is C22H22ClN5O2. The van der Waals surface area contributed by atoms with Crippen molar-refractivity contribution in [1.82, 2.24) is 15.3 Å². The smallest absolute Gasteiger partial charge is 0.251 e. The van der Waals surface area contributed by atoms with Crippen LogP contribution in [0.3, 0.4) is 0 Å². The minimum Gasteiger partial charge on any atom is -0.357 e. The summed E-state index contributed by atoms with van der Waals surface area (Å²) >= 11 is 5.85. The first-order valence-electron chi connectivity index (χ1n) is 9.85. The lowest BCUT2D eigenvalue weighted by Crippen LogP contribution is -2.35.